The Kier molecular flexibility index (Phi) is 3.54. The maximum absolute atomic E-state index is 11.5. The van der Waals surface area contributed by atoms with Gasteiger partial charge in [0.1, 0.15) is 6.33 Å². The smallest absolute Gasteiger partial charge is 0.218 e. The second-order valence-corrected chi connectivity index (χ2v) is 5.80. The van der Waals surface area contributed by atoms with Gasteiger partial charge in [0.15, 0.2) is 5.78 Å². The summed E-state index contributed by atoms with van der Waals surface area (Å²) in [6, 6.07) is 16.9. The summed E-state index contributed by atoms with van der Waals surface area (Å²) in [5, 5.41) is 9.98. The molecule has 0 saturated carbocycles. The molecule has 2 aromatic carbocycles. The molecule has 4 aromatic rings. The molecule has 5 heteroatoms. The van der Waals surface area contributed by atoms with E-state index in [1.165, 1.54) is 0 Å². The second kappa shape index (κ2) is 5.87. The Morgan fingerprint density at radius 2 is 1.92 bits per heavy atom. The third-order valence-corrected chi connectivity index (χ3v) is 4.18. The van der Waals surface area contributed by atoms with Crippen molar-refractivity contribution in [1.82, 2.24) is 14.5 Å². The minimum atomic E-state index is 0.00115. The Morgan fingerprint density at radius 3 is 2.72 bits per heavy atom. The quantitative estimate of drug-likeness (QED) is 0.577. The maximum Gasteiger partial charge on any atom is 0.218 e. The van der Waals surface area contributed by atoms with Gasteiger partial charge in [-0.05, 0) is 55.0 Å². The molecule has 0 aliphatic rings. The highest BCUT2D eigenvalue weighted by atomic mass is 16.3. The van der Waals surface area contributed by atoms with Gasteiger partial charge in [0.05, 0.1) is 11.0 Å². The van der Waals surface area contributed by atoms with Crippen molar-refractivity contribution in [2.75, 3.05) is 0 Å². The van der Waals surface area contributed by atoms with E-state index in [-0.39, 0.29) is 11.7 Å². The third kappa shape index (κ3) is 2.65. The zero-order valence-corrected chi connectivity index (χ0v) is 13.5. The zero-order chi connectivity index (χ0) is 17.4. The van der Waals surface area contributed by atoms with E-state index in [2.05, 4.69) is 9.97 Å². The minimum absolute atomic E-state index is 0.00115. The van der Waals surface area contributed by atoms with E-state index in [0.717, 1.165) is 22.3 Å². The lowest BCUT2D eigenvalue weighted by atomic mass is 10.1. The SMILES string of the molecule is CC(=O)c1ccc2c(c1)ncn2-c1cccc(-c2cccnc2O)c1. The lowest BCUT2D eigenvalue weighted by molar-refractivity contribution is 0.101. The second-order valence-electron chi connectivity index (χ2n) is 5.80. The molecule has 0 fully saturated rings. The van der Waals surface area contributed by atoms with Crippen molar-refractivity contribution in [3.05, 3.63) is 72.7 Å². The summed E-state index contributed by atoms with van der Waals surface area (Å²) in [6.07, 6.45) is 3.29. The first-order valence-electron chi connectivity index (χ1n) is 7.86. The van der Waals surface area contributed by atoms with Crippen LogP contribution in [0, 0.1) is 0 Å². The molecule has 0 unspecified atom stereocenters. The highest BCUT2D eigenvalue weighted by Crippen LogP contribution is 2.29. The van der Waals surface area contributed by atoms with Crippen LogP contribution in [-0.4, -0.2) is 25.4 Å². The van der Waals surface area contributed by atoms with Crippen LogP contribution in [0.15, 0.2) is 67.1 Å². The molecule has 5 nitrogen and oxygen atoms in total. The van der Waals surface area contributed by atoms with E-state index in [9.17, 15) is 9.90 Å². The number of Topliss-reactive ketones (excluding diaryl/α,β-unsaturated/α-hetero) is 1. The van der Waals surface area contributed by atoms with Crippen LogP contribution in [-0.2, 0) is 0 Å². The molecule has 0 radical (unpaired) electrons. The Hall–Kier alpha value is -3.47. The Labute approximate surface area is 144 Å². The van der Waals surface area contributed by atoms with Crippen molar-refractivity contribution in [1.29, 1.82) is 0 Å². The average Bonchev–Trinajstić information content (AvgIpc) is 3.05. The standard InChI is InChI=1S/C20H15N3O2/c1-13(24)14-7-8-19-18(11-14)22-12-23(19)16-5-2-4-15(10-16)17-6-3-9-21-20(17)25/h2-12H,1H3,(H,21,25). The fraction of sp³-hybridized carbons (Fsp3) is 0.0500. The Balaban J connectivity index is 1.83. The first-order chi connectivity index (χ1) is 12.1. The summed E-state index contributed by atoms with van der Waals surface area (Å²) in [4.78, 5) is 19.9. The molecule has 0 aliphatic carbocycles. The van der Waals surface area contributed by atoms with Gasteiger partial charge in [-0.3, -0.25) is 9.36 Å². The molecular weight excluding hydrogens is 314 g/mol. The monoisotopic (exact) mass is 329 g/mol. The molecule has 0 aliphatic heterocycles. The molecule has 2 aromatic heterocycles. The normalized spacial score (nSPS) is 10.9. The number of imidazole rings is 1. The molecule has 0 bridgehead atoms. The minimum Gasteiger partial charge on any atom is -0.493 e. The fourth-order valence-corrected chi connectivity index (χ4v) is 2.88. The number of ketones is 1. The largest absolute Gasteiger partial charge is 0.493 e. The molecule has 4 rings (SSSR count). The summed E-state index contributed by atoms with van der Waals surface area (Å²) in [5.41, 5.74) is 4.78. The van der Waals surface area contributed by atoms with Crippen LogP contribution in [0.3, 0.4) is 0 Å². The number of fused-ring (bicyclic) bond motifs is 1. The van der Waals surface area contributed by atoms with Crippen LogP contribution in [0.25, 0.3) is 27.8 Å². The van der Waals surface area contributed by atoms with E-state index in [4.69, 9.17) is 0 Å². The highest BCUT2D eigenvalue weighted by Gasteiger charge is 2.10. The number of hydrogen-bond donors (Lipinski definition) is 1. The summed E-state index contributed by atoms with van der Waals surface area (Å²) in [5.74, 6) is 0.0201. The van der Waals surface area contributed by atoms with Gasteiger partial charge in [0, 0.05) is 23.0 Å². The van der Waals surface area contributed by atoms with Gasteiger partial charge in [0.2, 0.25) is 5.88 Å². The summed E-state index contributed by atoms with van der Waals surface area (Å²) < 4.78 is 1.95. The van der Waals surface area contributed by atoms with Crippen LogP contribution >= 0.6 is 0 Å². The fourth-order valence-electron chi connectivity index (χ4n) is 2.88. The van der Waals surface area contributed by atoms with Crippen LogP contribution in [0.2, 0.25) is 0 Å². The number of carbonyl (C=O) groups excluding carboxylic acids is 1. The number of carbonyl (C=O) groups is 1. The third-order valence-electron chi connectivity index (χ3n) is 4.18. The topological polar surface area (TPSA) is 68.0 Å². The van der Waals surface area contributed by atoms with Crippen molar-refractivity contribution >= 4 is 16.8 Å². The van der Waals surface area contributed by atoms with Gasteiger partial charge in [-0.2, -0.15) is 0 Å². The number of rotatable bonds is 3. The van der Waals surface area contributed by atoms with E-state index < -0.39 is 0 Å². The zero-order valence-electron chi connectivity index (χ0n) is 13.5. The predicted molar refractivity (Wildman–Crippen MR) is 96.0 cm³/mol. The van der Waals surface area contributed by atoms with Crippen LogP contribution in [0.4, 0.5) is 0 Å². The molecule has 0 saturated heterocycles. The summed E-state index contributed by atoms with van der Waals surface area (Å²) in [6.45, 7) is 1.54. The van der Waals surface area contributed by atoms with Gasteiger partial charge in [0.25, 0.3) is 0 Å². The van der Waals surface area contributed by atoms with Gasteiger partial charge < -0.3 is 5.11 Å². The van der Waals surface area contributed by atoms with Crippen LogP contribution in [0.1, 0.15) is 17.3 Å². The molecule has 25 heavy (non-hydrogen) atoms. The number of nitrogens with zero attached hydrogens (tertiary/aromatic N) is 3. The lowest BCUT2D eigenvalue weighted by Crippen LogP contribution is -1.94. The molecule has 1 N–H and O–H groups in total. The number of hydrogen-bond acceptors (Lipinski definition) is 4. The summed E-state index contributed by atoms with van der Waals surface area (Å²) in [7, 11) is 0. The predicted octanol–water partition coefficient (Wildman–Crippen LogP) is 4.00. The highest BCUT2D eigenvalue weighted by molar-refractivity contribution is 5.97. The first kappa shape index (κ1) is 15.1. The number of aromatic nitrogens is 3. The molecule has 0 atom stereocenters. The van der Waals surface area contributed by atoms with Crippen molar-refractivity contribution in [3.63, 3.8) is 0 Å². The molecule has 0 amide bonds. The van der Waals surface area contributed by atoms with Crippen molar-refractivity contribution < 1.29 is 9.90 Å². The summed E-state index contributed by atoms with van der Waals surface area (Å²) >= 11 is 0. The van der Waals surface area contributed by atoms with Crippen LogP contribution in [0.5, 0.6) is 5.88 Å². The van der Waals surface area contributed by atoms with Gasteiger partial charge >= 0.3 is 0 Å². The van der Waals surface area contributed by atoms with Gasteiger partial charge in [-0.1, -0.05) is 12.1 Å². The maximum atomic E-state index is 11.5. The Morgan fingerprint density at radius 1 is 1.04 bits per heavy atom. The van der Waals surface area contributed by atoms with Gasteiger partial charge in [-0.25, -0.2) is 9.97 Å². The first-order valence-corrected chi connectivity index (χ1v) is 7.86. The van der Waals surface area contributed by atoms with E-state index >= 15 is 0 Å². The van der Waals surface area contributed by atoms with E-state index in [1.807, 2.05) is 41.0 Å². The van der Waals surface area contributed by atoms with Crippen molar-refractivity contribution in [3.8, 4) is 22.7 Å². The molecular formula is C20H15N3O2. The average molecular weight is 329 g/mol. The number of benzene rings is 2. The molecule has 0 spiro atoms. The number of pyridine rings is 1. The van der Waals surface area contributed by atoms with Crippen molar-refractivity contribution in [2.24, 2.45) is 0 Å². The van der Waals surface area contributed by atoms with Crippen molar-refractivity contribution in [2.45, 2.75) is 6.92 Å². The van der Waals surface area contributed by atoms with E-state index in [0.29, 0.717) is 11.1 Å². The molecule has 2 heterocycles. The van der Waals surface area contributed by atoms with Gasteiger partial charge in [-0.15, -0.1) is 0 Å². The van der Waals surface area contributed by atoms with E-state index in [1.54, 1.807) is 37.6 Å². The molecule has 122 valence electrons. The van der Waals surface area contributed by atoms with Crippen LogP contribution < -0.4 is 0 Å². The Bertz CT molecular complexity index is 1100. The number of aromatic hydroxyl groups is 1. The lowest BCUT2D eigenvalue weighted by Gasteiger charge is -2.08.